The van der Waals surface area contributed by atoms with Gasteiger partial charge < -0.3 is 4.90 Å². The van der Waals surface area contributed by atoms with E-state index in [4.69, 9.17) is 0 Å². The maximum atomic E-state index is 12.0. The fourth-order valence-electron chi connectivity index (χ4n) is 3.12. The van der Waals surface area contributed by atoms with Crippen LogP contribution in [-0.2, 0) is 14.6 Å². The third-order valence-corrected chi connectivity index (χ3v) is 7.55. The zero-order valence-corrected chi connectivity index (χ0v) is 14.8. The van der Waals surface area contributed by atoms with E-state index < -0.39 is 9.84 Å². The highest BCUT2D eigenvalue weighted by atomic mass is 32.2. The maximum Gasteiger partial charge on any atom is 0.247 e. The monoisotopic (exact) mass is 352 g/mol. The molecule has 3 atom stereocenters. The quantitative estimate of drug-likeness (QED) is 0.835. The van der Waals surface area contributed by atoms with E-state index in [1.54, 1.807) is 6.92 Å². The Morgan fingerprint density at radius 2 is 2.04 bits per heavy atom. The molecular weight excluding hydrogens is 332 g/mol. The smallest absolute Gasteiger partial charge is 0.247 e. The lowest BCUT2D eigenvalue weighted by Gasteiger charge is -2.31. The molecule has 1 aromatic carbocycles. The van der Waals surface area contributed by atoms with Crippen LogP contribution in [0.15, 0.2) is 35.3 Å². The van der Waals surface area contributed by atoms with Gasteiger partial charge in [-0.2, -0.15) is 4.99 Å². The number of nitrogens with zero attached hydrogens (tertiary/aromatic N) is 2. The van der Waals surface area contributed by atoms with Crippen molar-refractivity contribution in [2.45, 2.75) is 37.6 Å². The zero-order chi connectivity index (χ0) is 16.6. The molecule has 0 spiro atoms. The topological polar surface area (TPSA) is 66.8 Å². The molecule has 0 unspecified atom stereocenters. The van der Waals surface area contributed by atoms with Crippen LogP contribution in [0.2, 0.25) is 0 Å². The van der Waals surface area contributed by atoms with Gasteiger partial charge in [0, 0.05) is 11.7 Å². The number of rotatable bonds is 3. The summed E-state index contributed by atoms with van der Waals surface area (Å²) in [5, 5.41) is 0.632. The van der Waals surface area contributed by atoms with E-state index in [2.05, 4.69) is 4.99 Å². The summed E-state index contributed by atoms with van der Waals surface area (Å²) in [5.41, 5.74) is 1.09. The number of hydrogen-bond acceptors (Lipinski definition) is 4. The fourth-order valence-corrected chi connectivity index (χ4v) is 7.13. The van der Waals surface area contributed by atoms with Crippen molar-refractivity contribution in [3.63, 3.8) is 0 Å². The molecule has 2 aliphatic heterocycles. The van der Waals surface area contributed by atoms with Crippen LogP contribution < -0.4 is 0 Å². The standard InChI is InChI=1S/C16H20N2O3S2/c1-3-15(19)17-16-18(11(2)12-7-5-4-6-8-12)13-9-23(20,21)10-14(13)22-16/h4-8,11,13-14H,3,9-10H2,1-2H3/t11-,13+,14-/m1/s1. The Kier molecular flexibility index (Phi) is 4.51. The van der Waals surface area contributed by atoms with Gasteiger partial charge in [-0.25, -0.2) is 8.42 Å². The van der Waals surface area contributed by atoms with E-state index in [-0.39, 0.29) is 34.7 Å². The van der Waals surface area contributed by atoms with Crippen molar-refractivity contribution in [2.75, 3.05) is 11.5 Å². The number of amides is 1. The molecule has 5 nitrogen and oxygen atoms in total. The molecule has 2 fully saturated rings. The molecule has 23 heavy (non-hydrogen) atoms. The SMILES string of the molecule is CCC(=O)N=C1S[C@@H]2CS(=O)(=O)C[C@@H]2N1[C@H](C)c1ccccc1. The van der Waals surface area contributed by atoms with E-state index in [0.29, 0.717) is 11.6 Å². The van der Waals surface area contributed by atoms with Gasteiger partial charge in [-0.3, -0.25) is 4.79 Å². The number of fused-ring (bicyclic) bond motifs is 1. The molecule has 2 aliphatic rings. The van der Waals surface area contributed by atoms with Crippen molar-refractivity contribution >= 4 is 32.7 Å². The first kappa shape index (κ1) is 16.5. The first-order chi connectivity index (χ1) is 10.9. The molecule has 0 aromatic heterocycles. The molecule has 124 valence electrons. The third-order valence-electron chi connectivity index (χ3n) is 4.33. The van der Waals surface area contributed by atoms with Gasteiger partial charge in [-0.1, -0.05) is 49.0 Å². The van der Waals surface area contributed by atoms with E-state index in [9.17, 15) is 13.2 Å². The van der Waals surface area contributed by atoms with E-state index in [0.717, 1.165) is 5.56 Å². The Balaban J connectivity index is 1.97. The number of amidine groups is 1. The molecule has 3 rings (SSSR count). The predicted octanol–water partition coefficient (Wildman–Crippen LogP) is 2.25. The highest BCUT2D eigenvalue weighted by Gasteiger charge is 2.50. The van der Waals surface area contributed by atoms with Crippen LogP contribution >= 0.6 is 11.8 Å². The van der Waals surface area contributed by atoms with E-state index >= 15 is 0 Å². The second-order valence-corrected chi connectivity index (χ2v) is 9.30. The Bertz CT molecular complexity index is 731. The predicted molar refractivity (Wildman–Crippen MR) is 93.2 cm³/mol. The maximum absolute atomic E-state index is 12.0. The molecule has 0 N–H and O–H groups in total. The summed E-state index contributed by atoms with van der Waals surface area (Å²) in [5.74, 6) is 0.140. The van der Waals surface area contributed by atoms with Gasteiger partial charge in [0.1, 0.15) is 0 Å². The van der Waals surface area contributed by atoms with E-state index in [1.165, 1.54) is 11.8 Å². The van der Waals surface area contributed by atoms with Crippen molar-refractivity contribution in [3.05, 3.63) is 35.9 Å². The minimum atomic E-state index is -3.01. The summed E-state index contributed by atoms with van der Waals surface area (Å²) in [6.45, 7) is 3.82. The number of carbonyl (C=O) groups excluding carboxylic acids is 1. The normalized spacial score (nSPS) is 28.8. The van der Waals surface area contributed by atoms with E-state index in [1.807, 2.05) is 42.2 Å². The van der Waals surface area contributed by atoms with Crippen LogP contribution in [0.1, 0.15) is 31.9 Å². The molecule has 2 saturated heterocycles. The van der Waals surface area contributed by atoms with Crippen LogP contribution in [0.3, 0.4) is 0 Å². The summed E-state index contributed by atoms with van der Waals surface area (Å²) in [6.07, 6.45) is 0.352. The van der Waals surface area contributed by atoms with Gasteiger partial charge in [-0.05, 0) is 12.5 Å². The highest BCUT2D eigenvalue weighted by Crippen LogP contribution is 2.42. The number of carbonyl (C=O) groups is 1. The zero-order valence-electron chi connectivity index (χ0n) is 13.2. The number of sulfone groups is 1. The second-order valence-electron chi connectivity index (χ2n) is 5.94. The highest BCUT2D eigenvalue weighted by molar-refractivity contribution is 8.15. The van der Waals surface area contributed by atoms with Crippen LogP contribution in [0.25, 0.3) is 0 Å². The van der Waals surface area contributed by atoms with Crippen molar-refractivity contribution in [3.8, 4) is 0 Å². The van der Waals surface area contributed by atoms with Crippen LogP contribution in [0.5, 0.6) is 0 Å². The van der Waals surface area contributed by atoms with Gasteiger partial charge in [0.25, 0.3) is 0 Å². The molecule has 1 aromatic rings. The molecule has 0 radical (unpaired) electrons. The van der Waals surface area contributed by atoms with Gasteiger partial charge in [-0.15, -0.1) is 0 Å². The van der Waals surface area contributed by atoms with Crippen molar-refractivity contribution in [2.24, 2.45) is 4.99 Å². The molecule has 7 heteroatoms. The Morgan fingerprint density at radius 1 is 1.35 bits per heavy atom. The Labute approximate surface area is 141 Å². The fraction of sp³-hybridized carbons (Fsp3) is 0.500. The molecule has 2 heterocycles. The number of thioether (sulfide) groups is 1. The van der Waals surface area contributed by atoms with Gasteiger partial charge in [0.2, 0.25) is 5.91 Å². The minimum absolute atomic E-state index is 0.0181. The molecular formula is C16H20N2O3S2. The average Bonchev–Trinajstić information content (AvgIpc) is 2.98. The minimum Gasteiger partial charge on any atom is -0.339 e. The van der Waals surface area contributed by atoms with Crippen LogP contribution in [0, 0.1) is 0 Å². The summed E-state index contributed by atoms with van der Waals surface area (Å²) >= 11 is 1.43. The average molecular weight is 352 g/mol. The van der Waals surface area contributed by atoms with Crippen molar-refractivity contribution in [1.82, 2.24) is 4.90 Å². The summed E-state index contributed by atoms with van der Waals surface area (Å²) in [6, 6.07) is 9.79. The third kappa shape index (κ3) is 3.30. The van der Waals surface area contributed by atoms with Gasteiger partial charge >= 0.3 is 0 Å². The molecule has 1 amide bonds. The Hall–Kier alpha value is -1.34. The summed E-state index contributed by atoms with van der Waals surface area (Å²) in [4.78, 5) is 18.0. The lowest BCUT2D eigenvalue weighted by Crippen LogP contribution is -2.39. The molecule has 0 bridgehead atoms. The number of aliphatic imine (C=N–C) groups is 1. The first-order valence-corrected chi connectivity index (χ1v) is 10.4. The summed E-state index contributed by atoms with van der Waals surface area (Å²) in [7, 11) is -3.01. The lowest BCUT2D eigenvalue weighted by molar-refractivity contribution is -0.117. The summed E-state index contributed by atoms with van der Waals surface area (Å²) < 4.78 is 24.0. The second kappa shape index (κ2) is 6.28. The molecule has 0 aliphatic carbocycles. The Morgan fingerprint density at radius 3 is 2.70 bits per heavy atom. The lowest BCUT2D eigenvalue weighted by atomic mass is 10.1. The van der Waals surface area contributed by atoms with Gasteiger partial charge in [0.05, 0.1) is 23.6 Å². The number of hydrogen-bond donors (Lipinski definition) is 0. The van der Waals surface area contributed by atoms with Gasteiger partial charge in [0.15, 0.2) is 15.0 Å². The molecule has 0 saturated carbocycles. The number of benzene rings is 1. The van der Waals surface area contributed by atoms with Crippen molar-refractivity contribution < 1.29 is 13.2 Å². The first-order valence-electron chi connectivity index (χ1n) is 7.73. The van der Waals surface area contributed by atoms with Crippen LogP contribution in [0.4, 0.5) is 0 Å². The largest absolute Gasteiger partial charge is 0.339 e. The van der Waals surface area contributed by atoms with Crippen LogP contribution in [-0.4, -0.2) is 47.2 Å². The van der Waals surface area contributed by atoms with Crippen molar-refractivity contribution in [1.29, 1.82) is 0 Å².